The van der Waals surface area contributed by atoms with Gasteiger partial charge in [0.25, 0.3) is 11.7 Å². The van der Waals surface area contributed by atoms with E-state index in [2.05, 4.69) is 4.98 Å². The molecule has 0 N–H and O–H groups in total. The van der Waals surface area contributed by atoms with Crippen molar-refractivity contribution >= 4 is 17.4 Å². The van der Waals surface area contributed by atoms with Crippen molar-refractivity contribution in [1.29, 1.82) is 0 Å². The topological polar surface area (TPSA) is 55.2 Å². The van der Waals surface area contributed by atoms with Crippen LogP contribution >= 0.6 is 0 Å². The molecule has 0 bridgehead atoms. The number of hydrogen-bond donors (Lipinski definition) is 0. The SMILES string of the molecule is Cn1ccnc1CCN1C(=O)C(=O)c2ccc(F)cc21. The van der Waals surface area contributed by atoms with Gasteiger partial charge in [-0.2, -0.15) is 0 Å². The zero-order valence-corrected chi connectivity index (χ0v) is 10.8. The molecule has 0 unspecified atom stereocenters. The molecule has 1 amide bonds. The van der Waals surface area contributed by atoms with Crippen LogP contribution in [-0.2, 0) is 18.3 Å². The molecule has 0 saturated heterocycles. The van der Waals surface area contributed by atoms with E-state index in [9.17, 15) is 14.0 Å². The highest BCUT2D eigenvalue weighted by atomic mass is 19.1. The van der Waals surface area contributed by atoms with Crippen molar-refractivity contribution in [3.05, 3.63) is 47.8 Å². The molecular formula is C14H12FN3O2. The first-order valence-electron chi connectivity index (χ1n) is 6.20. The predicted molar refractivity (Wildman–Crippen MR) is 70.0 cm³/mol. The third-order valence-corrected chi connectivity index (χ3v) is 3.41. The first-order valence-corrected chi connectivity index (χ1v) is 6.20. The average molecular weight is 273 g/mol. The second-order valence-electron chi connectivity index (χ2n) is 4.65. The molecule has 1 aromatic heterocycles. The Labute approximate surface area is 114 Å². The van der Waals surface area contributed by atoms with E-state index in [1.807, 2.05) is 11.6 Å². The lowest BCUT2D eigenvalue weighted by Crippen LogP contribution is -2.32. The van der Waals surface area contributed by atoms with Gasteiger partial charge < -0.3 is 9.47 Å². The summed E-state index contributed by atoms with van der Waals surface area (Å²) in [4.78, 5) is 29.2. The van der Waals surface area contributed by atoms with Crippen molar-refractivity contribution < 1.29 is 14.0 Å². The Morgan fingerprint density at radius 3 is 2.80 bits per heavy atom. The lowest BCUT2D eigenvalue weighted by Gasteiger charge is -2.16. The van der Waals surface area contributed by atoms with Crippen LogP contribution in [0.1, 0.15) is 16.2 Å². The molecule has 20 heavy (non-hydrogen) atoms. The lowest BCUT2D eigenvalue weighted by atomic mass is 10.1. The number of fused-ring (bicyclic) bond motifs is 1. The minimum atomic E-state index is -0.611. The second kappa shape index (κ2) is 4.56. The Morgan fingerprint density at radius 1 is 1.30 bits per heavy atom. The second-order valence-corrected chi connectivity index (χ2v) is 4.65. The van der Waals surface area contributed by atoms with E-state index in [-0.39, 0.29) is 5.56 Å². The summed E-state index contributed by atoms with van der Waals surface area (Å²) in [6.45, 7) is 0.298. The van der Waals surface area contributed by atoms with E-state index in [0.29, 0.717) is 18.7 Å². The molecule has 0 radical (unpaired) electrons. The molecular weight excluding hydrogens is 261 g/mol. The summed E-state index contributed by atoms with van der Waals surface area (Å²) in [5.41, 5.74) is 0.602. The van der Waals surface area contributed by atoms with Crippen molar-refractivity contribution in [3.63, 3.8) is 0 Å². The number of anilines is 1. The fourth-order valence-electron chi connectivity index (χ4n) is 2.34. The summed E-state index contributed by atoms with van der Waals surface area (Å²) in [7, 11) is 1.85. The molecule has 102 valence electrons. The van der Waals surface area contributed by atoms with Crippen molar-refractivity contribution in [1.82, 2.24) is 9.55 Å². The normalized spacial score (nSPS) is 14.0. The van der Waals surface area contributed by atoms with Gasteiger partial charge in [-0.15, -0.1) is 0 Å². The van der Waals surface area contributed by atoms with Crippen LogP contribution in [0.4, 0.5) is 10.1 Å². The van der Waals surface area contributed by atoms with Gasteiger partial charge in [0, 0.05) is 32.4 Å². The molecule has 0 aliphatic carbocycles. The first kappa shape index (κ1) is 12.5. The van der Waals surface area contributed by atoms with Gasteiger partial charge in [-0.1, -0.05) is 0 Å². The molecule has 0 spiro atoms. The summed E-state index contributed by atoms with van der Waals surface area (Å²) >= 11 is 0. The summed E-state index contributed by atoms with van der Waals surface area (Å²) < 4.78 is 15.1. The molecule has 5 nitrogen and oxygen atoms in total. The average Bonchev–Trinajstić information content (AvgIpc) is 2.92. The highest BCUT2D eigenvalue weighted by molar-refractivity contribution is 6.52. The number of ketones is 1. The van der Waals surface area contributed by atoms with Gasteiger partial charge in [0.1, 0.15) is 11.6 Å². The standard InChI is InChI=1S/C14H12FN3O2/c1-17-7-5-16-12(17)4-6-18-11-8-9(15)2-3-10(11)13(19)14(18)20/h2-3,5,7-8H,4,6H2,1H3. The molecule has 2 heterocycles. The molecule has 0 saturated carbocycles. The number of aromatic nitrogens is 2. The predicted octanol–water partition coefficient (Wildman–Crippen LogP) is 1.33. The number of carbonyl (C=O) groups is 2. The molecule has 6 heteroatoms. The van der Waals surface area contributed by atoms with E-state index >= 15 is 0 Å². The van der Waals surface area contributed by atoms with E-state index in [0.717, 1.165) is 5.82 Å². The number of hydrogen-bond acceptors (Lipinski definition) is 3. The van der Waals surface area contributed by atoms with Crippen molar-refractivity contribution in [2.75, 3.05) is 11.4 Å². The van der Waals surface area contributed by atoms with Crippen LogP contribution in [-0.4, -0.2) is 27.8 Å². The van der Waals surface area contributed by atoms with E-state index < -0.39 is 17.5 Å². The van der Waals surface area contributed by atoms with Crippen LogP contribution in [0.3, 0.4) is 0 Å². The molecule has 1 aliphatic heterocycles. The van der Waals surface area contributed by atoms with Crippen LogP contribution in [0.25, 0.3) is 0 Å². The Morgan fingerprint density at radius 2 is 2.10 bits per heavy atom. The minimum absolute atomic E-state index is 0.260. The monoisotopic (exact) mass is 273 g/mol. The lowest BCUT2D eigenvalue weighted by molar-refractivity contribution is -0.114. The molecule has 1 aromatic carbocycles. The highest BCUT2D eigenvalue weighted by Crippen LogP contribution is 2.29. The summed E-state index contributed by atoms with van der Waals surface area (Å²) in [5.74, 6) is -0.858. The molecule has 3 rings (SSSR count). The largest absolute Gasteiger partial charge is 0.338 e. The first-order chi connectivity index (χ1) is 9.58. The zero-order chi connectivity index (χ0) is 14.3. The van der Waals surface area contributed by atoms with Crippen LogP contribution in [0.2, 0.25) is 0 Å². The summed E-state index contributed by atoms with van der Waals surface area (Å²) in [6.07, 6.45) is 3.97. The molecule has 2 aromatic rings. The molecule has 1 aliphatic rings. The quantitative estimate of drug-likeness (QED) is 0.793. The maximum atomic E-state index is 13.3. The number of rotatable bonds is 3. The van der Waals surface area contributed by atoms with E-state index in [1.54, 1.807) is 12.4 Å². The third-order valence-electron chi connectivity index (χ3n) is 3.41. The number of amides is 1. The van der Waals surface area contributed by atoms with Gasteiger partial charge in [-0.3, -0.25) is 9.59 Å². The molecule has 0 fully saturated rings. The fourth-order valence-corrected chi connectivity index (χ4v) is 2.34. The van der Waals surface area contributed by atoms with Gasteiger partial charge in [0.15, 0.2) is 0 Å². The summed E-state index contributed by atoms with van der Waals surface area (Å²) in [6, 6.07) is 3.76. The number of Topliss-reactive ketones (excluding diaryl/α,β-unsaturated/α-hetero) is 1. The third kappa shape index (κ3) is 1.89. The van der Waals surface area contributed by atoms with Crippen LogP contribution in [0.5, 0.6) is 0 Å². The number of carbonyl (C=O) groups excluding carboxylic acids is 2. The highest BCUT2D eigenvalue weighted by Gasteiger charge is 2.35. The van der Waals surface area contributed by atoms with Crippen LogP contribution in [0, 0.1) is 5.82 Å². The Bertz CT molecular complexity index is 708. The maximum Gasteiger partial charge on any atom is 0.299 e. The Hall–Kier alpha value is -2.50. The van der Waals surface area contributed by atoms with E-state index in [1.165, 1.54) is 23.1 Å². The minimum Gasteiger partial charge on any atom is -0.338 e. The number of halogens is 1. The van der Waals surface area contributed by atoms with Crippen molar-refractivity contribution in [3.8, 4) is 0 Å². The number of imidazole rings is 1. The van der Waals surface area contributed by atoms with Gasteiger partial charge in [-0.05, 0) is 18.2 Å². The number of nitrogens with zero attached hydrogens (tertiary/aromatic N) is 3. The van der Waals surface area contributed by atoms with Crippen LogP contribution in [0.15, 0.2) is 30.6 Å². The molecule has 0 atom stereocenters. The fraction of sp³-hybridized carbons (Fsp3) is 0.214. The Balaban J connectivity index is 1.87. The zero-order valence-electron chi connectivity index (χ0n) is 10.8. The number of benzene rings is 1. The van der Waals surface area contributed by atoms with E-state index in [4.69, 9.17) is 0 Å². The van der Waals surface area contributed by atoms with Gasteiger partial charge in [0.2, 0.25) is 0 Å². The maximum absolute atomic E-state index is 13.3. The van der Waals surface area contributed by atoms with Gasteiger partial charge in [0.05, 0.1) is 11.3 Å². The van der Waals surface area contributed by atoms with Crippen molar-refractivity contribution in [2.45, 2.75) is 6.42 Å². The van der Waals surface area contributed by atoms with Gasteiger partial charge in [-0.25, -0.2) is 9.37 Å². The summed E-state index contributed by atoms with van der Waals surface area (Å²) in [5, 5.41) is 0. The van der Waals surface area contributed by atoms with Gasteiger partial charge >= 0.3 is 0 Å². The smallest absolute Gasteiger partial charge is 0.299 e. The van der Waals surface area contributed by atoms with Crippen LogP contribution < -0.4 is 4.90 Å². The van der Waals surface area contributed by atoms with Crippen molar-refractivity contribution in [2.24, 2.45) is 7.05 Å². The Kier molecular flexibility index (Phi) is 2.85. The number of aryl methyl sites for hydroxylation is 1.